The predicted molar refractivity (Wildman–Crippen MR) is 60.9 cm³/mol. The van der Waals surface area contributed by atoms with Crippen LogP contribution in [0.4, 0.5) is 0 Å². The first-order valence-electron chi connectivity index (χ1n) is 5.46. The minimum Gasteiger partial charge on any atom is -0.350 e. The lowest BCUT2D eigenvalue weighted by Crippen LogP contribution is -2.07. The Morgan fingerprint density at radius 1 is 1.53 bits per heavy atom. The molecule has 78 valence electrons. The highest BCUT2D eigenvalue weighted by Crippen LogP contribution is 2.29. The molecule has 1 unspecified atom stereocenters. The molecule has 1 aliphatic heterocycles. The Kier molecular flexibility index (Phi) is 1.99. The van der Waals surface area contributed by atoms with Gasteiger partial charge in [0.2, 0.25) is 0 Å². The van der Waals surface area contributed by atoms with Crippen molar-refractivity contribution in [3.05, 3.63) is 30.2 Å². The molecular weight excluding hydrogens is 186 g/mol. The topological polar surface area (TPSA) is 29.9 Å². The SMILES string of the molecule is Cn1cc(C2CCNC2)c2cnccc21. The quantitative estimate of drug-likeness (QED) is 0.760. The molecule has 1 aliphatic rings. The van der Waals surface area contributed by atoms with E-state index in [-0.39, 0.29) is 0 Å². The summed E-state index contributed by atoms with van der Waals surface area (Å²) in [5.41, 5.74) is 2.73. The summed E-state index contributed by atoms with van der Waals surface area (Å²) in [5.74, 6) is 0.665. The second-order valence-electron chi connectivity index (χ2n) is 4.28. The molecule has 1 fully saturated rings. The van der Waals surface area contributed by atoms with Gasteiger partial charge in [0, 0.05) is 37.6 Å². The summed E-state index contributed by atoms with van der Waals surface area (Å²) in [5, 5.41) is 4.73. The summed E-state index contributed by atoms with van der Waals surface area (Å²) in [6.45, 7) is 2.25. The molecule has 0 spiro atoms. The van der Waals surface area contributed by atoms with Crippen LogP contribution in [0.2, 0.25) is 0 Å². The van der Waals surface area contributed by atoms with Crippen LogP contribution in [0, 0.1) is 0 Å². The van der Waals surface area contributed by atoms with E-state index in [2.05, 4.69) is 34.2 Å². The number of nitrogens with zero attached hydrogens (tertiary/aromatic N) is 2. The Labute approximate surface area is 89.1 Å². The van der Waals surface area contributed by atoms with Crippen molar-refractivity contribution in [2.45, 2.75) is 12.3 Å². The first-order valence-corrected chi connectivity index (χ1v) is 5.46. The molecule has 0 aromatic carbocycles. The molecule has 0 aliphatic carbocycles. The Bertz CT molecular complexity index is 481. The lowest BCUT2D eigenvalue weighted by atomic mass is 9.99. The van der Waals surface area contributed by atoms with Gasteiger partial charge in [0.25, 0.3) is 0 Å². The molecule has 0 bridgehead atoms. The molecule has 3 heterocycles. The number of aromatic nitrogens is 2. The summed E-state index contributed by atoms with van der Waals surface area (Å²) in [6, 6.07) is 2.08. The van der Waals surface area contributed by atoms with Crippen LogP contribution in [-0.2, 0) is 7.05 Å². The number of aryl methyl sites for hydroxylation is 1. The molecule has 1 atom stereocenters. The Balaban J connectivity index is 2.17. The Hall–Kier alpha value is -1.35. The maximum atomic E-state index is 4.22. The third-order valence-electron chi connectivity index (χ3n) is 3.32. The van der Waals surface area contributed by atoms with Crippen molar-refractivity contribution in [2.24, 2.45) is 7.05 Å². The van der Waals surface area contributed by atoms with Gasteiger partial charge in [0.15, 0.2) is 0 Å². The van der Waals surface area contributed by atoms with E-state index in [1.807, 2.05) is 12.4 Å². The van der Waals surface area contributed by atoms with Gasteiger partial charge in [-0.1, -0.05) is 0 Å². The molecular formula is C12H15N3. The van der Waals surface area contributed by atoms with Crippen LogP contribution >= 0.6 is 0 Å². The van der Waals surface area contributed by atoms with Crippen molar-refractivity contribution in [3.8, 4) is 0 Å². The molecule has 1 saturated heterocycles. The van der Waals surface area contributed by atoms with E-state index in [4.69, 9.17) is 0 Å². The fraction of sp³-hybridized carbons (Fsp3) is 0.417. The first-order chi connectivity index (χ1) is 7.36. The van der Waals surface area contributed by atoms with Gasteiger partial charge in [0.1, 0.15) is 0 Å². The van der Waals surface area contributed by atoms with Crippen molar-refractivity contribution in [1.29, 1.82) is 0 Å². The Morgan fingerprint density at radius 3 is 3.27 bits per heavy atom. The summed E-state index contributed by atoms with van der Waals surface area (Å²) >= 11 is 0. The van der Waals surface area contributed by atoms with E-state index >= 15 is 0 Å². The van der Waals surface area contributed by atoms with Crippen molar-refractivity contribution >= 4 is 10.9 Å². The van der Waals surface area contributed by atoms with Crippen molar-refractivity contribution in [3.63, 3.8) is 0 Å². The van der Waals surface area contributed by atoms with Crippen LogP contribution in [0.15, 0.2) is 24.7 Å². The van der Waals surface area contributed by atoms with E-state index in [0.29, 0.717) is 5.92 Å². The molecule has 2 aromatic rings. The van der Waals surface area contributed by atoms with E-state index in [9.17, 15) is 0 Å². The van der Waals surface area contributed by atoms with Crippen LogP contribution in [0.3, 0.4) is 0 Å². The minimum absolute atomic E-state index is 0.665. The molecule has 3 heteroatoms. The van der Waals surface area contributed by atoms with Gasteiger partial charge in [-0.15, -0.1) is 0 Å². The van der Waals surface area contributed by atoms with Gasteiger partial charge >= 0.3 is 0 Å². The summed E-state index contributed by atoms with van der Waals surface area (Å²) in [6.07, 6.45) is 7.35. The average Bonchev–Trinajstić information content (AvgIpc) is 2.87. The van der Waals surface area contributed by atoms with Gasteiger partial charge in [-0.3, -0.25) is 4.98 Å². The van der Waals surface area contributed by atoms with E-state index in [0.717, 1.165) is 13.1 Å². The second-order valence-corrected chi connectivity index (χ2v) is 4.28. The third-order valence-corrected chi connectivity index (χ3v) is 3.32. The van der Waals surface area contributed by atoms with Crippen LogP contribution in [-0.4, -0.2) is 22.6 Å². The largest absolute Gasteiger partial charge is 0.350 e. The molecule has 3 rings (SSSR count). The normalized spacial score (nSPS) is 21.3. The van der Waals surface area contributed by atoms with Gasteiger partial charge in [-0.05, 0) is 30.5 Å². The highest BCUT2D eigenvalue weighted by molar-refractivity contribution is 5.83. The highest BCUT2D eigenvalue weighted by Gasteiger charge is 2.20. The van der Waals surface area contributed by atoms with Crippen LogP contribution in [0.1, 0.15) is 17.9 Å². The van der Waals surface area contributed by atoms with Crippen LogP contribution in [0.5, 0.6) is 0 Å². The van der Waals surface area contributed by atoms with E-state index < -0.39 is 0 Å². The van der Waals surface area contributed by atoms with Crippen LogP contribution in [0.25, 0.3) is 10.9 Å². The Morgan fingerprint density at radius 2 is 2.47 bits per heavy atom. The maximum Gasteiger partial charge on any atom is 0.0511 e. The van der Waals surface area contributed by atoms with Gasteiger partial charge < -0.3 is 9.88 Å². The molecule has 0 saturated carbocycles. The van der Waals surface area contributed by atoms with Gasteiger partial charge in [-0.25, -0.2) is 0 Å². The fourth-order valence-electron chi connectivity index (χ4n) is 2.51. The lowest BCUT2D eigenvalue weighted by Gasteiger charge is -2.05. The van der Waals surface area contributed by atoms with Crippen molar-refractivity contribution < 1.29 is 0 Å². The summed E-state index contributed by atoms with van der Waals surface area (Å²) < 4.78 is 2.20. The monoisotopic (exact) mass is 201 g/mol. The summed E-state index contributed by atoms with van der Waals surface area (Å²) in [4.78, 5) is 4.22. The standard InChI is InChI=1S/C12H15N3/c1-15-8-11(9-2-4-13-6-9)10-7-14-5-3-12(10)15/h3,5,7-9,13H,2,4,6H2,1H3. The van der Waals surface area contributed by atoms with Gasteiger partial charge in [0.05, 0.1) is 5.52 Å². The first kappa shape index (κ1) is 8.92. The number of rotatable bonds is 1. The lowest BCUT2D eigenvalue weighted by molar-refractivity contribution is 0.763. The number of hydrogen-bond donors (Lipinski definition) is 1. The number of fused-ring (bicyclic) bond motifs is 1. The maximum absolute atomic E-state index is 4.22. The molecule has 0 radical (unpaired) electrons. The molecule has 15 heavy (non-hydrogen) atoms. The molecule has 1 N–H and O–H groups in total. The van der Waals surface area contributed by atoms with Crippen LogP contribution < -0.4 is 5.32 Å². The fourth-order valence-corrected chi connectivity index (χ4v) is 2.51. The average molecular weight is 201 g/mol. The number of nitrogens with one attached hydrogen (secondary N) is 1. The van der Waals surface area contributed by atoms with E-state index in [1.165, 1.54) is 22.9 Å². The second kappa shape index (κ2) is 3.35. The minimum atomic E-state index is 0.665. The molecule has 2 aromatic heterocycles. The van der Waals surface area contributed by atoms with Crippen molar-refractivity contribution in [2.75, 3.05) is 13.1 Å². The predicted octanol–water partition coefficient (Wildman–Crippen LogP) is 1.65. The smallest absolute Gasteiger partial charge is 0.0511 e. The number of pyridine rings is 1. The zero-order valence-corrected chi connectivity index (χ0v) is 8.90. The molecule has 0 amide bonds. The number of hydrogen-bond acceptors (Lipinski definition) is 2. The highest BCUT2D eigenvalue weighted by atomic mass is 14.9. The zero-order valence-electron chi connectivity index (χ0n) is 8.90. The van der Waals surface area contributed by atoms with E-state index in [1.54, 1.807) is 0 Å². The van der Waals surface area contributed by atoms with Gasteiger partial charge in [-0.2, -0.15) is 0 Å². The molecule has 3 nitrogen and oxygen atoms in total. The summed E-state index contributed by atoms with van der Waals surface area (Å²) in [7, 11) is 2.11. The third kappa shape index (κ3) is 1.35. The van der Waals surface area contributed by atoms with Crippen molar-refractivity contribution in [1.82, 2.24) is 14.9 Å². The zero-order chi connectivity index (χ0) is 10.3.